The topological polar surface area (TPSA) is 52.3 Å². The third kappa shape index (κ3) is 6.06. The molecule has 0 heterocycles. The van der Waals surface area contributed by atoms with Crippen LogP contribution < -0.4 is 5.73 Å². The molecule has 0 unspecified atom stereocenters. The van der Waals surface area contributed by atoms with E-state index in [2.05, 4.69) is 4.74 Å². The number of hydrogen-bond acceptors (Lipinski definition) is 2. The Labute approximate surface area is 84.9 Å². The van der Waals surface area contributed by atoms with E-state index < -0.39 is 6.09 Å². The van der Waals surface area contributed by atoms with Gasteiger partial charge in [0.2, 0.25) is 0 Å². The lowest BCUT2D eigenvalue weighted by molar-refractivity contribution is 0.158. The van der Waals surface area contributed by atoms with E-state index in [1.807, 2.05) is 44.2 Å². The first-order valence-corrected chi connectivity index (χ1v) is 4.75. The summed E-state index contributed by atoms with van der Waals surface area (Å²) in [5.41, 5.74) is 5.93. The van der Waals surface area contributed by atoms with E-state index in [0.717, 1.165) is 5.56 Å². The van der Waals surface area contributed by atoms with Gasteiger partial charge in [0, 0.05) is 6.42 Å². The fourth-order valence-corrected chi connectivity index (χ4v) is 0.914. The number of carbonyl (C=O) groups is 1. The van der Waals surface area contributed by atoms with Crippen LogP contribution in [-0.4, -0.2) is 12.7 Å². The van der Waals surface area contributed by atoms with Gasteiger partial charge in [-0.05, 0) is 5.56 Å². The van der Waals surface area contributed by atoms with Gasteiger partial charge in [0.1, 0.15) is 0 Å². The molecule has 0 aliphatic heterocycles. The first-order chi connectivity index (χ1) is 6.79. The summed E-state index contributed by atoms with van der Waals surface area (Å²) in [5, 5.41) is 0. The van der Waals surface area contributed by atoms with E-state index in [-0.39, 0.29) is 0 Å². The van der Waals surface area contributed by atoms with E-state index in [1.165, 1.54) is 0 Å². The molecule has 0 bridgehead atoms. The fourth-order valence-electron chi connectivity index (χ4n) is 0.914. The van der Waals surface area contributed by atoms with Gasteiger partial charge in [-0.25, -0.2) is 4.79 Å². The van der Waals surface area contributed by atoms with Crippen molar-refractivity contribution in [2.45, 2.75) is 20.3 Å². The predicted molar refractivity (Wildman–Crippen MR) is 57.0 cm³/mol. The molecule has 0 fully saturated rings. The summed E-state index contributed by atoms with van der Waals surface area (Å²) in [6, 6.07) is 9.78. The Balaban J connectivity index is 0.000000791. The summed E-state index contributed by atoms with van der Waals surface area (Å²) in [6.45, 7) is 4.35. The lowest BCUT2D eigenvalue weighted by Gasteiger charge is -2.00. The molecule has 0 atom stereocenters. The van der Waals surface area contributed by atoms with Gasteiger partial charge in [0.25, 0.3) is 0 Å². The molecule has 1 aromatic carbocycles. The highest BCUT2D eigenvalue weighted by molar-refractivity contribution is 5.64. The minimum absolute atomic E-state index is 0.347. The smallest absolute Gasteiger partial charge is 0.404 e. The normalized spacial score (nSPS) is 8.43. The molecule has 0 spiro atoms. The largest absolute Gasteiger partial charge is 0.449 e. The van der Waals surface area contributed by atoms with Gasteiger partial charge < -0.3 is 10.5 Å². The Bertz CT molecular complexity index is 247. The second kappa shape index (κ2) is 8.10. The maximum atomic E-state index is 10.2. The Kier molecular flexibility index (Phi) is 7.23. The van der Waals surface area contributed by atoms with Crippen molar-refractivity contribution in [3.05, 3.63) is 35.9 Å². The number of amides is 1. The maximum Gasteiger partial charge on any atom is 0.404 e. The number of hydrogen-bond donors (Lipinski definition) is 1. The van der Waals surface area contributed by atoms with Crippen LogP contribution in [0.5, 0.6) is 0 Å². The molecule has 0 radical (unpaired) electrons. The zero-order valence-electron chi connectivity index (χ0n) is 8.69. The molecule has 0 aliphatic carbocycles. The molecular formula is C11H17NO2. The molecule has 1 aromatic rings. The van der Waals surface area contributed by atoms with Gasteiger partial charge in [0.15, 0.2) is 0 Å². The maximum absolute atomic E-state index is 10.2. The van der Waals surface area contributed by atoms with Gasteiger partial charge in [-0.1, -0.05) is 44.2 Å². The van der Waals surface area contributed by atoms with Crippen molar-refractivity contribution >= 4 is 6.09 Å². The molecule has 2 N–H and O–H groups in total. The summed E-state index contributed by atoms with van der Waals surface area (Å²) in [6.07, 6.45) is -0.00465. The molecule has 0 aliphatic rings. The van der Waals surface area contributed by atoms with Crippen LogP contribution in [0.25, 0.3) is 0 Å². The third-order valence-corrected chi connectivity index (χ3v) is 1.48. The highest BCUT2D eigenvalue weighted by Crippen LogP contribution is 1.98. The molecule has 3 heteroatoms. The van der Waals surface area contributed by atoms with Crippen LogP contribution in [0.3, 0.4) is 0 Å². The Morgan fingerprint density at radius 2 is 1.86 bits per heavy atom. The molecular weight excluding hydrogens is 178 g/mol. The van der Waals surface area contributed by atoms with Crippen LogP contribution in [0, 0.1) is 0 Å². The van der Waals surface area contributed by atoms with Crippen molar-refractivity contribution in [1.29, 1.82) is 0 Å². The number of rotatable bonds is 3. The first-order valence-electron chi connectivity index (χ1n) is 4.75. The molecule has 0 saturated carbocycles. The Morgan fingerprint density at radius 3 is 2.36 bits per heavy atom. The fraction of sp³-hybridized carbons (Fsp3) is 0.364. The SMILES string of the molecule is CC.NC(=O)OCCc1ccccc1. The zero-order chi connectivity index (χ0) is 10.8. The molecule has 0 saturated heterocycles. The zero-order valence-corrected chi connectivity index (χ0v) is 8.69. The van der Waals surface area contributed by atoms with Crippen LogP contribution in [0.1, 0.15) is 19.4 Å². The number of benzene rings is 1. The van der Waals surface area contributed by atoms with Crippen molar-refractivity contribution in [3.63, 3.8) is 0 Å². The second-order valence-corrected chi connectivity index (χ2v) is 2.40. The van der Waals surface area contributed by atoms with Gasteiger partial charge in [-0.15, -0.1) is 0 Å². The van der Waals surface area contributed by atoms with Gasteiger partial charge in [0.05, 0.1) is 6.61 Å². The van der Waals surface area contributed by atoms with Crippen LogP contribution >= 0.6 is 0 Å². The standard InChI is InChI=1S/C9H11NO2.C2H6/c10-9(11)12-7-6-8-4-2-1-3-5-8;1-2/h1-5H,6-7H2,(H2,10,11);1-2H3. The molecule has 0 aromatic heterocycles. The third-order valence-electron chi connectivity index (χ3n) is 1.48. The lowest BCUT2D eigenvalue weighted by Crippen LogP contribution is -2.14. The van der Waals surface area contributed by atoms with Crippen molar-refractivity contribution in [3.8, 4) is 0 Å². The van der Waals surface area contributed by atoms with E-state index in [1.54, 1.807) is 0 Å². The summed E-state index contributed by atoms with van der Waals surface area (Å²) >= 11 is 0. The van der Waals surface area contributed by atoms with E-state index in [4.69, 9.17) is 5.73 Å². The highest BCUT2D eigenvalue weighted by atomic mass is 16.5. The van der Waals surface area contributed by atoms with Gasteiger partial charge in [-0.2, -0.15) is 0 Å². The minimum atomic E-state index is -0.717. The summed E-state index contributed by atoms with van der Waals surface area (Å²) in [5.74, 6) is 0. The molecule has 1 rings (SSSR count). The molecule has 3 nitrogen and oxygen atoms in total. The molecule has 1 amide bonds. The van der Waals surface area contributed by atoms with E-state index in [9.17, 15) is 4.79 Å². The second-order valence-electron chi connectivity index (χ2n) is 2.40. The number of carbonyl (C=O) groups excluding carboxylic acids is 1. The number of nitrogens with two attached hydrogens (primary N) is 1. The monoisotopic (exact) mass is 195 g/mol. The van der Waals surface area contributed by atoms with Crippen molar-refractivity contribution in [1.82, 2.24) is 0 Å². The summed E-state index contributed by atoms with van der Waals surface area (Å²) in [4.78, 5) is 10.2. The van der Waals surface area contributed by atoms with Crippen LogP contribution in [-0.2, 0) is 11.2 Å². The highest BCUT2D eigenvalue weighted by Gasteiger charge is 1.94. The van der Waals surface area contributed by atoms with Gasteiger partial charge >= 0.3 is 6.09 Å². The van der Waals surface area contributed by atoms with Crippen molar-refractivity contribution in [2.24, 2.45) is 5.73 Å². The molecule has 78 valence electrons. The van der Waals surface area contributed by atoms with Crippen molar-refractivity contribution < 1.29 is 9.53 Å². The minimum Gasteiger partial charge on any atom is -0.449 e. The van der Waals surface area contributed by atoms with E-state index in [0.29, 0.717) is 13.0 Å². The van der Waals surface area contributed by atoms with Crippen molar-refractivity contribution in [2.75, 3.05) is 6.61 Å². The predicted octanol–water partition coefficient (Wildman–Crippen LogP) is 2.35. The number of primary amides is 1. The van der Waals surface area contributed by atoms with E-state index >= 15 is 0 Å². The number of ether oxygens (including phenoxy) is 1. The quantitative estimate of drug-likeness (QED) is 0.804. The first kappa shape index (κ1) is 12.5. The van der Waals surface area contributed by atoms with Gasteiger partial charge in [-0.3, -0.25) is 0 Å². The van der Waals surface area contributed by atoms with Crippen LogP contribution in [0.15, 0.2) is 30.3 Å². The Morgan fingerprint density at radius 1 is 1.29 bits per heavy atom. The average Bonchev–Trinajstić information content (AvgIpc) is 2.22. The summed E-state index contributed by atoms with van der Waals surface area (Å²) < 4.78 is 4.58. The average molecular weight is 195 g/mol. The van der Waals surface area contributed by atoms with Crippen LogP contribution in [0.2, 0.25) is 0 Å². The lowest BCUT2D eigenvalue weighted by atomic mass is 10.2. The Hall–Kier alpha value is -1.51. The van der Waals surface area contributed by atoms with Crippen LogP contribution in [0.4, 0.5) is 4.79 Å². The molecule has 14 heavy (non-hydrogen) atoms. The summed E-state index contributed by atoms with van der Waals surface area (Å²) in [7, 11) is 0.